The van der Waals surface area contributed by atoms with E-state index < -0.39 is 0 Å². The standard InChI is InChI=1S/C13H16N4O2/c1-2-11(18-9-1)10-19-13-12(15-3-4-16-13)17-7-5-14-6-8-17/h1-4,9,14H,5-8,10H2. The predicted molar refractivity (Wildman–Crippen MR) is 70.2 cm³/mol. The molecule has 0 atom stereocenters. The van der Waals surface area contributed by atoms with E-state index in [4.69, 9.17) is 9.15 Å². The van der Waals surface area contributed by atoms with Gasteiger partial charge in [0, 0.05) is 38.6 Å². The Labute approximate surface area is 111 Å². The molecule has 6 heteroatoms. The number of hydrogen-bond acceptors (Lipinski definition) is 6. The summed E-state index contributed by atoms with van der Waals surface area (Å²) in [4.78, 5) is 10.8. The number of ether oxygens (including phenoxy) is 1. The molecule has 3 rings (SSSR count). The number of aromatic nitrogens is 2. The first-order valence-corrected chi connectivity index (χ1v) is 6.35. The van der Waals surface area contributed by atoms with Crippen LogP contribution in [0.15, 0.2) is 35.2 Å². The molecular weight excluding hydrogens is 244 g/mol. The van der Waals surface area contributed by atoms with Gasteiger partial charge in [-0.2, -0.15) is 0 Å². The summed E-state index contributed by atoms with van der Waals surface area (Å²) in [5.74, 6) is 2.13. The van der Waals surface area contributed by atoms with Crippen molar-refractivity contribution in [3.63, 3.8) is 0 Å². The van der Waals surface area contributed by atoms with Crippen LogP contribution in [-0.2, 0) is 6.61 Å². The molecule has 100 valence electrons. The van der Waals surface area contributed by atoms with Crippen molar-refractivity contribution in [2.75, 3.05) is 31.1 Å². The van der Waals surface area contributed by atoms with E-state index in [1.807, 2.05) is 12.1 Å². The Bertz CT molecular complexity index is 509. The zero-order chi connectivity index (χ0) is 12.9. The lowest BCUT2D eigenvalue weighted by Crippen LogP contribution is -2.44. The van der Waals surface area contributed by atoms with Crippen molar-refractivity contribution in [3.8, 4) is 5.88 Å². The SMILES string of the molecule is c1coc(COc2nccnc2N2CCNCC2)c1. The number of piperazine rings is 1. The quantitative estimate of drug-likeness (QED) is 0.886. The minimum Gasteiger partial charge on any atom is -0.467 e. The van der Waals surface area contributed by atoms with Gasteiger partial charge in [0.25, 0.3) is 5.88 Å². The molecule has 0 unspecified atom stereocenters. The van der Waals surface area contributed by atoms with Gasteiger partial charge in [-0.25, -0.2) is 9.97 Å². The molecule has 0 saturated carbocycles. The second kappa shape index (κ2) is 5.71. The van der Waals surface area contributed by atoms with Crippen LogP contribution in [0.1, 0.15) is 5.76 Å². The van der Waals surface area contributed by atoms with Crippen LogP contribution in [0.4, 0.5) is 5.82 Å². The summed E-state index contributed by atoms with van der Waals surface area (Å²) in [6, 6.07) is 3.72. The highest BCUT2D eigenvalue weighted by atomic mass is 16.5. The fourth-order valence-electron chi connectivity index (χ4n) is 2.05. The van der Waals surface area contributed by atoms with E-state index in [0.29, 0.717) is 12.5 Å². The van der Waals surface area contributed by atoms with Gasteiger partial charge in [0.1, 0.15) is 12.4 Å². The molecule has 0 bridgehead atoms. The van der Waals surface area contributed by atoms with E-state index >= 15 is 0 Å². The first-order chi connectivity index (χ1) is 9.43. The van der Waals surface area contributed by atoms with E-state index in [0.717, 1.165) is 37.8 Å². The molecule has 2 aromatic heterocycles. The highest BCUT2D eigenvalue weighted by Gasteiger charge is 2.17. The van der Waals surface area contributed by atoms with Crippen molar-refractivity contribution in [1.82, 2.24) is 15.3 Å². The molecule has 0 spiro atoms. The highest BCUT2D eigenvalue weighted by Crippen LogP contribution is 2.23. The molecule has 1 saturated heterocycles. The average Bonchev–Trinajstić information content (AvgIpc) is 3.00. The number of nitrogens with one attached hydrogen (secondary N) is 1. The number of anilines is 1. The molecule has 3 heterocycles. The van der Waals surface area contributed by atoms with E-state index in [9.17, 15) is 0 Å². The van der Waals surface area contributed by atoms with Gasteiger partial charge >= 0.3 is 0 Å². The largest absolute Gasteiger partial charge is 0.467 e. The lowest BCUT2D eigenvalue weighted by Gasteiger charge is -2.28. The summed E-state index contributed by atoms with van der Waals surface area (Å²) >= 11 is 0. The summed E-state index contributed by atoms with van der Waals surface area (Å²) in [6.07, 6.45) is 4.97. The topological polar surface area (TPSA) is 63.4 Å². The molecule has 1 aliphatic heterocycles. The smallest absolute Gasteiger partial charge is 0.258 e. The van der Waals surface area contributed by atoms with Crippen LogP contribution in [0, 0.1) is 0 Å². The van der Waals surface area contributed by atoms with Crippen molar-refractivity contribution < 1.29 is 9.15 Å². The maximum absolute atomic E-state index is 5.71. The van der Waals surface area contributed by atoms with Crippen molar-refractivity contribution in [2.24, 2.45) is 0 Å². The van der Waals surface area contributed by atoms with Crippen LogP contribution in [0.3, 0.4) is 0 Å². The van der Waals surface area contributed by atoms with Gasteiger partial charge in [-0.3, -0.25) is 0 Å². The maximum atomic E-state index is 5.71. The lowest BCUT2D eigenvalue weighted by molar-refractivity contribution is 0.259. The Kier molecular flexibility index (Phi) is 3.60. The second-order valence-electron chi connectivity index (χ2n) is 4.29. The van der Waals surface area contributed by atoms with Crippen molar-refractivity contribution in [1.29, 1.82) is 0 Å². The molecule has 0 aliphatic carbocycles. The van der Waals surface area contributed by atoms with Gasteiger partial charge < -0.3 is 19.4 Å². The Hall–Kier alpha value is -2.08. The molecule has 6 nitrogen and oxygen atoms in total. The minimum absolute atomic E-state index is 0.366. The number of hydrogen-bond donors (Lipinski definition) is 1. The Balaban J connectivity index is 1.73. The monoisotopic (exact) mass is 260 g/mol. The Morgan fingerprint density at radius 3 is 2.89 bits per heavy atom. The minimum atomic E-state index is 0.366. The van der Waals surface area contributed by atoms with Gasteiger partial charge in [-0.1, -0.05) is 0 Å². The van der Waals surface area contributed by atoms with Crippen molar-refractivity contribution >= 4 is 5.82 Å². The van der Waals surface area contributed by atoms with E-state index in [2.05, 4.69) is 20.2 Å². The van der Waals surface area contributed by atoms with Gasteiger partial charge in [0.15, 0.2) is 5.82 Å². The van der Waals surface area contributed by atoms with Gasteiger partial charge in [0.05, 0.1) is 6.26 Å². The fraction of sp³-hybridized carbons (Fsp3) is 0.385. The summed E-state index contributed by atoms with van der Waals surface area (Å²) in [7, 11) is 0. The molecule has 19 heavy (non-hydrogen) atoms. The first kappa shape index (κ1) is 12.0. The average molecular weight is 260 g/mol. The molecule has 1 aliphatic rings. The fourth-order valence-corrected chi connectivity index (χ4v) is 2.05. The molecular formula is C13H16N4O2. The third kappa shape index (κ3) is 2.85. The van der Waals surface area contributed by atoms with Crippen molar-refractivity contribution in [3.05, 3.63) is 36.5 Å². The molecule has 0 amide bonds. The van der Waals surface area contributed by atoms with Crippen LogP contribution in [0.5, 0.6) is 5.88 Å². The van der Waals surface area contributed by atoms with Crippen LogP contribution < -0.4 is 15.0 Å². The summed E-state index contributed by atoms with van der Waals surface area (Å²) in [5.41, 5.74) is 0. The summed E-state index contributed by atoms with van der Waals surface area (Å²) in [6.45, 7) is 4.10. The maximum Gasteiger partial charge on any atom is 0.258 e. The summed E-state index contributed by atoms with van der Waals surface area (Å²) in [5, 5.41) is 3.31. The van der Waals surface area contributed by atoms with Crippen LogP contribution in [0.2, 0.25) is 0 Å². The highest BCUT2D eigenvalue weighted by molar-refractivity contribution is 5.48. The van der Waals surface area contributed by atoms with Gasteiger partial charge in [-0.05, 0) is 12.1 Å². The van der Waals surface area contributed by atoms with E-state index in [-0.39, 0.29) is 0 Å². The molecule has 1 N–H and O–H groups in total. The first-order valence-electron chi connectivity index (χ1n) is 6.35. The Morgan fingerprint density at radius 1 is 1.26 bits per heavy atom. The third-order valence-corrected chi connectivity index (χ3v) is 2.99. The van der Waals surface area contributed by atoms with E-state index in [1.54, 1.807) is 18.7 Å². The van der Waals surface area contributed by atoms with Gasteiger partial charge in [0.2, 0.25) is 0 Å². The van der Waals surface area contributed by atoms with E-state index in [1.165, 1.54) is 0 Å². The number of rotatable bonds is 4. The van der Waals surface area contributed by atoms with Crippen LogP contribution >= 0.6 is 0 Å². The van der Waals surface area contributed by atoms with Crippen LogP contribution in [-0.4, -0.2) is 36.1 Å². The summed E-state index contributed by atoms with van der Waals surface area (Å²) < 4.78 is 10.9. The second-order valence-corrected chi connectivity index (χ2v) is 4.29. The zero-order valence-corrected chi connectivity index (χ0v) is 10.6. The number of furan rings is 1. The molecule has 0 aromatic carbocycles. The molecule has 2 aromatic rings. The third-order valence-electron chi connectivity index (χ3n) is 2.99. The molecule has 0 radical (unpaired) electrons. The number of nitrogens with zero attached hydrogens (tertiary/aromatic N) is 3. The predicted octanol–water partition coefficient (Wildman–Crippen LogP) is 1.06. The normalized spacial score (nSPS) is 15.5. The Morgan fingerprint density at radius 2 is 2.11 bits per heavy atom. The van der Waals surface area contributed by atoms with Crippen LogP contribution in [0.25, 0.3) is 0 Å². The lowest BCUT2D eigenvalue weighted by atomic mass is 10.3. The van der Waals surface area contributed by atoms with Crippen molar-refractivity contribution in [2.45, 2.75) is 6.61 Å². The molecule has 1 fully saturated rings. The van der Waals surface area contributed by atoms with Gasteiger partial charge in [-0.15, -0.1) is 0 Å². The zero-order valence-electron chi connectivity index (χ0n) is 10.6.